The molecule has 0 spiro atoms. The number of sulfone groups is 1. The molecule has 6 heteroatoms. The second-order valence-electron chi connectivity index (χ2n) is 3.96. The third kappa shape index (κ3) is 3.46. The van der Waals surface area contributed by atoms with Gasteiger partial charge in [0.25, 0.3) is 0 Å². The summed E-state index contributed by atoms with van der Waals surface area (Å²) in [5.74, 6) is -0.789. The van der Waals surface area contributed by atoms with Gasteiger partial charge in [0.05, 0.1) is 23.5 Å². The molecule has 0 aromatic heterocycles. The van der Waals surface area contributed by atoms with E-state index in [2.05, 4.69) is 0 Å². The Morgan fingerprint density at radius 2 is 2.07 bits per heavy atom. The summed E-state index contributed by atoms with van der Waals surface area (Å²) in [6.45, 7) is 0. The minimum Gasteiger partial charge on any atom is -0.481 e. The van der Waals surface area contributed by atoms with Crippen molar-refractivity contribution in [3.8, 4) is 0 Å². The van der Waals surface area contributed by atoms with Crippen molar-refractivity contribution in [1.82, 2.24) is 0 Å². The molecule has 1 heterocycles. The summed E-state index contributed by atoms with van der Waals surface area (Å²) in [7, 11) is -1.56. The lowest BCUT2D eigenvalue weighted by Gasteiger charge is -2.28. The first-order valence-corrected chi connectivity index (χ1v) is 6.69. The zero-order valence-electron chi connectivity index (χ0n) is 8.73. The standard InChI is InChI=1S/C9H16O5S/c1-14-9(7-8(10)11)3-2-5-15(12,13)6-4-9/h2-7H2,1H3,(H,10,11). The molecule has 15 heavy (non-hydrogen) atoms. The Hall–Kier alpha value is -0.620. The first-order valence-electron chi connectivity index (χ1n) is 4.87. The largest absolute Gasteiger partial charge is 0.481 e. The lowest BCUT2D eigenvalue weighted by atomic mass is 9.91. The number of rotatable bonds is 3. The van der Waals surface area contributed by atoms with Gasteiger partial charge in [-0.15, -0.1) is 0 Å². The number of hydrogen-bond acceptors (Lipinski definition) is 4. The summed E-state index contributed by atoms with van der Waals surface area (Å²) in [4.78, 5) is 10.7. The average molecular weight is 236 g/mol. The lowest BCUT2D eigenvalue weighted by Crippen LogP contribution is -2.34. The van der Waals surface area contributed by atoms with E-state index in [-0.39, 0.29) is 24.3 Å². The van der Waals surface area contributed by atoms with E-state index in [4.69, 9.17) is 9.84 Å². The zero-order valence-corrected chi connectivity index (χ0v) is 9.55. The van der Waals surface area contributed by atoms with Gasteiger partial charge >= 0.3 is 5.97 Å². The predicted octanol–water partition coefficient (Wildman–Crippen LogP) is 0.445. The van der Waals surface area contributed by atoms with Crippen LogP contribution in [0.5, 0.6) is 0 Å². The second-order valence-corrected chi connectivity index (χ2v) is 6.27. The molecule has 1 aliphatic heterocycles. The molecule has 0 bridgehead atoms. The maximum Gasteiger partial charge on any atom is 0.306 e. The van der Waals surface area contributed by atoms with Gasteiger partial charge < -0.3 is 9.84 Å². The van der Waals surface area contributed by atoms with E-state index >= 15 is 0 Å². The molecule has 1 N–H and O–H groups in total. The van der Waals surface area contributed by atoms with Crippen LogP contribution in [-0.4, -0.2) is 43.7 Å². The molecule has 1 aliphatic rings. The van der Waals surface area contributed by atoms with Gasteiger partial charge in [0.15, 0.2) is 0 Å². The Labute approximate surface area is 89.3 Å². The van der Waals surface area contributed by atoms with Crippen LogP contribution in [0.3, 0.4) is 0 Å². The Morgan fingerprint density at radius 3 is 2.60 bits per heavy atom. The summed E-state index contributed by atoms with van der Waals surface area (Å²) in [5.41, 5.74) is -0.796. The van der Waals surface area contributed by atoms with E-state index in [0.717, 1.165) is 0 Å². The summed E-state index contributed by atoms with van der Waals surface area (Å²) >= 11 is 0. The van der Waals surface area contributed by atoms with Crippen LogP contribution in [0.15, 0.2) is 0 Å². The van der Waals surface area contributed by atoms with E-state index < -0.39 is 21.4 Å². The van der Waals surface area contributed by atoms with Crippen LogP contribution >= 0.6 is 0 Å². The minimum absolute atomic E-state index is 0.0219. The maximum atomic E-state index is 11.4. The van der Waals surface area contributed by atoms with Crippen LogP contribution < -0.4 is 0 Å². The minimum atomic E-state index is -3.01. The molecule has 0 amide bonds. The number of methoxy groups -OCH3 is 1. The molecule has 1 atom stereocenters. The van der Waals surface area contributed by atoms with Crippen molar-refractivity contribution < 1.29 is 23.1 Å². The van der Waals surface area contributed by atoms with Crippen molar-refractivity contribution in [1.29, 1.82) is 0 Å². The first-order chi connectivity index (χ1) is 6.89. The molecular formula is C9H16O5S. The number of hydrogen-bond donors (Lipinski definition) is 1. The second kappa shape index (κ2) is 4.49. The molecule has 5 nitrogen and oxygen atoms in total. The van der Waals surface area contributed by atoms with Crippen molar-refractivity contribution in [3.05, 3.63) is 0 Å². The van der Waals surface area contributed by atoms with E-state index in [1.807, 2.05) is 0 Å². The Morgan fingerprint density at radius 1 is 1.40 bits per heavy atom. The highest BCUT2D eigenvalue weighted by Gasteiger charge is 2.36. The normalized spacial score (nSPS) is 30.7. The third-order valence-electron chi connectivity index (χ3n) is 2.86. The van der Waals surface area contributed by atoms with E-state index in [9.17, 15) is 13.2 Å². The number of ether oxygens (including phenoxy) is 1. The van der Waals surface area contributed by atoms with Crippen molar-refractivity contribution >= 4 is 15.8 Å². The van der Waals surface area contributed by atoms with E-state index in [0.29, 0.717) is 12.8 Å². The topological polar surface area (TPSA) is 80.7 Å². The Balaban J connectivity index is 2.78. The molecule has 1 fully saturated rings. The van der Waals surface area contributed by atoms with Gasteiger partial charge in [0.2, 0.25) is 0 Å². The number of aliphatic carboxylic acids is 1. The smallest absolute Gasteiger partial charge is 0.306 e. The molecule has 1 saturated heterocycles. The molecule has 0 aromatic carbocycles. The van der Waals surface area contributed by atoms with Crippen LogP contribution in [0, 0.1) is 0 Å². The molecule has 88 valence electrons. The molecular weight excluding hydrogens is 220 g/mol. The highest BCUT2D eigenvalue weighted by Crippen LogP contribution is 2.30. The maximum absolute atomic E-state index is 11.4. The molecule has 0 saturated carbocycles. The van der Waals surface area contributed by atoms with Crippen molar-refractivity contribution in [2.75, 3.05) is 18.6 Å². The first kappa shape index (κ1) is 12.4. The molecule has 0 radical (unpaired) electrons. The fraction of sp³-hybridized carbons (Fsp3) is 0.889. The van der Waals surface area contributed by atoms with Crippen molar-refractivity contribution in [2.24, 2.45) is 0 Å². The SMILES string of the molecule is COC1(CC(=O)O)CCCS(=O)(=O)CC1. The fourth-order valence-corrected chi connectivity index (χ4v) is 3.38. The van der Waals surface area contributed by atoms with Gasteiger partial charge in [-0.3, -0.25) is 4.79 Å². The van der Waals surface area contributed by atoms with Crippen molar-refractivity contribution in [3.63, 3.8) is 0 Å². The van der Waals surface area contributed by atoms with Crippen LogP contribution in [0.25, 0.3) is 0 Å². The van der Waals surface area contributed by atoms with Crippen LogP contribution in [0.4, 0.5) is 0 Å². The van der Waals surface area contributed by atoms with E-state index in [1.54, 1.807) is 0 Å². The summed E-state index contributed by atoms with van der Waals surface area (Å²) in [5, 5.41) is 8.75. The number of carbonyl (C=O) groups is 1. The number of carboxylic acids is 1. The summed E-state index contributed by atoms with van der Waals surface area (Å²) in [6.07, 6.45) is 1.12. The highest BCUT2D eigenvalue weighted by atomic mass is 32.2. The van der Waals surface area contributed by atoms with Gasteiger partial charge in [0.1, 0.15) is 9.84 Å². The molecule has 1 unspecified atom stereocenters. The monoisotopic (exact) mass is 236 g/mol. The van der Waals surface area contributed by atoms with Gasteiger partial charge in [-0.25, -0.2) is 8.42 Å². The lowest BCUT2D eigenvalue weighted by molar-refractivity contribution is -0.144. The molecule has 0 aliphatic carbocycles. The predicted molar refractivity (Wildman–Crippen MR) is 54.5 cm³/mol. The third-order valence-corrected chi connectivity index (χ3v) is 4.60. The van der Waals surface area contributed by atoms with Gasteiger partial charge in [0, 0.05) is 7.11 Å². The summed E-state index contributed by atoms with van der Waals surface area (Å²) < 4.78 is 27.9. The van der Waals surface area contributed by atoms with Crippen LogP contribution in [0.1, 0.15) is 25.7 Å². The fourth-order valence-electron chi connectivity index (χ4n) is 1.91. The summed E-state index contributed by atoms with van der Waals surface area (Å²) in [6, 6.07) is 0. The van der Waals surface area contributed by atoms with Crippen LogP contribution in [0.2, 0.25) is 0 Å². The molecule has 0 aromatic rings. The number of carboxylic acid groups (broad SMARTS) is 1. The Kier molecular flexibility index (Phi) is 3.72. The zero-order chi connectivity index (χ0) is 11.5. The van der Waals surface area contributed by atoms with Gasteiger partial charge in [-0.2, -0.15) is 0 Å². The highest BCUT2D eigenvalue weighted by molar-refractivity contribution is 7.91. The van der Waals surface area contributed by atoms with Gasteiger partial charge in [-0.1, -0.05) is 0 Å². The van der Waals surface area contributed by atoms with Crippen molar-refractivity contribution in [2.45, 2.75) is 31.3 Å². The quantitative estimate of drug-likeness (QED) is 0.769. The molecule has 1 rings (SSSR count). The Bertz CT molecular complexity index is 334. The van der Waals surface area contributed by atoms with Gasteiger partial charge in [-0.05, 0) is 19.3 Å². The van der Waals surface area contributed by atoms with Crippen LogP contribution in [-0.2, 0) is 19.4 Å². The average Bonchev–Trinajstić information content (AvgIpc) is 2.26. The van der Waals surface area contributed by atoms with E-state index in [1.165, 1.54) is 7.11 Å².